The molecular weight excluding hydrogens is 276 g/mol. The summed E-state index contributed by atoms with van der Waals surface area (Å²) in [6.45, 7) is 2.19. The van der Waals surface area contributed by atoms with Gasteiger partial charge in [-0.1, -0.05) is 6.07 Å². The molecule has 4 nitrogen and oxygen atoms in total. The molecule has 0 atom stereocenters. The van der Waals surface area contributed by atoms with Gasteiger partial charge in [-0.25, -0.2) is 9.48 Å². The van der Waals surface area contributed by atoms with Crippen LogP contribution in [-0.2, 0) is 30.4 Å². The predicted octanol–water partition coefficient (Wildman–Crippen LogP) is 3.03. The molecule has 22 heavy (non-hydrogen) atoms. The number of ether oxygens (including phenoxy) is 1. The fourth-order valence-corrected chi connectivity index (χ4v) is 3.83. The Morgan fingerprint density at radius 1 is 1.18 bits per heavy atom. The van der Waals surface area contributed by atoms with Gasteiger partial charge in [0.2, 0.25) is 0 Å². The largest absolute Gasteiger partial charge is 0.461 e. The molecule has 1 heterocycles. The summed E-state index contributed by atoms with van der Waals surface area (Å²) in [5.41, 5.74) is 7.44. The van der Waals surface area contributed by atoms with Crippen molar-refractivity contribution in [1.82, 2.24) is 9.78 Å². The second-order valence-electron chi connectivity index (χ2n) is 6.07. The molecule has 0 spiro atoms. The van der Waals surface area contributed by atoms with Gasteiger partial charge in [0.1, 0.15) is 0 Å². The zero-order chi connectivity index (χ0) is 15.1. The molecule has 0 saturated carbocycles. The van der Waals surface area contributed by atoms with Gasteiger partial charge in [-0.3, -0.25) is 0 Å². The van der Waals surface area contributed by atoms with Crippen molar-refractivity contribution >= 4 is 5.97 Å². The van der Waals surface area contributed by atoms with E-state index in [1.54, 1.807) is 6.07 Å². The molecule has 2 aromatic rings. The Hall–Kier alpha value is -2.10. The highest BCUT2D eigenvalue weighted by atomic mass is 16.5. The van der Waals surface area contributed by atoms with E-state index in [9.17, 15) is 4.79 Å². The Bertz CT molecular complexity index is 714. The van der Waals surface area contributed by atoms with Crippen molar-refractivity contribution in [3.05, 3.63) is 46.3 Å². The molecule has 114 valence electrons. The van der Waals surface area contributed by atoms with Crippen molar-refractivity contribution < 1.29 is 9.53 Å². The number of hydrogen-bond donors (Lipinski definition) is 0. The molecule has 0 unspecified atom stereocenters. The maximum Gasteiger partial charge on any atom is 0.358 e. The van der Waals surface area contributed by atoms with Crippen molar-refractivity contribution in [1.29, 1.82) is 0 Å². The van der Waals surface area contributed by atoms with Crippen LogP contribution in [0.3, 0.4) is 0 Å². The van der Waals surface area contributed by atoms with Gasteiger partial charge < -0.3 is 4.74 Å². The summed E-state index contributed by atoms with van der Waals surface area (Å²) in [7, 11) is 0. The van der Waals surface area contributed by atoms with E-state index in [1.165, 1.54) is 53.6 Å². The molecule has 0 radical (unpaired) electrons. The summed E-state index contributed by atoms with van der Waals surface area (Å²) in [5.74, 6) is -0.342. The molecule has 0 N–H and O–H groups in total. The van der Waals surface area contributed by atoms with Crippen molar-refractivity contribution in [3.63, 3.8) is 0 Å². The van der Waals surface area contributed by atoms with Gasteiger partial charge in [0.15, 0.2) is 5.69 Å². The van der Waals surface area contributed by atoms with E-state index in [1.807, 2.05) is 17.8 Å². The number of fused-ring (bicyclic) bond motifs is 2. The number of esters is 1. The quantitative estimate of drug-likeness (QED) is 0.818. The molecule has 2 aliphatic carbocycles. The Balaban J connectivity index is 1.82. The van der Waals surface area contributed by atoms with E-state index in [2.05, 4.69) is 11.2 Å². The SMILES string of the molecule is CCOC(=O)c1ccn(-c2c3c(cc4c2CCC4)CCC3)n1. The maximum absolute atomic E-state index is 11.9. The van der Waals surface area contributed by atoms with Gasteiger partial charge in [0.05, 0.1) is 12.3 Å². The molecule has 0 saturated heterocycles. The van der Waals surface area contributed by atoms with Crippen molar-refractivity contribution in [3.8, 4) is 5.69 Å². The predicted molar refractivity (Wildman–Crippen MR) is 83.6 cm³/mol. The van der Waals surface area contributed by atoms with Crippen molar-refractivity contribution in [2.24, 2.45) is 0 Å². The molecule has 1 aromatic carbocycles. The lowest BCUT2D eigenvalue weighted by Crippen LogP contribution is -2.09. The summed E-state index contributed by atoms with van der Waals surface area (Å²) in [6.07, 6.45) is 8.91. The van der Waals surface area contributed by atoms with Crippen LogP contribution in [0.2, 0.25) is 0 Å². The Morgan fingerprint density at radius 2 is 1.86 bits per heavy atom. The average molecular weight is 296 g/mol. The van der Waals surface area contributed by atoms with Gasteiger partial charge >= 0.3 is 5.97 Å². The fourth-order valence-electron chi connectivity index (χ4n) is 3.83. The normalized spacial score (nSPS) is 15.7. The van der Waals surface area contributed by atoms with Crippen molar-refractivity contribution in [2.45, 2.75) is 45.4 Å². The third-order valence-electron chi connectivity index (χ3n) is 4.74. The molecule has 0 amide bonds. The zero-order valence-corrected chi connectivity index (χ0v) is 12.9. The molecule has 0 bridgehead atoms. The highest BCUT2D eigenvalue weighted by Gasteiger charge is 2.25. The number of carbonyl (C=O) groups excluding carboxylic acids is 1. The minimum atomic E-state index is -0.342. The second-order valence-corrected chi connectivity index (χ2v) is 6.07. The van der Waals surface area contributed by atoms with Gasteiger partial charge in [0.25, 0.3) is 0 Å². The van der Waals surface area contributed by atoms with Crippen LogP contribution in [0.5, 0.6) is 0 Å². The number of nitrogens with zero attached hydrogens (tertiary/aromatic N) is 2. The first-order valence-corrected chi connectivity index (χ1v) is 8.17. The molecule has 4 rings (SSSR count). The molecule has 1 aromatic heterocycles. The maximum atomic E-state index is 11.9. The Labute approximate surface area is 130 Å². The highest BCUT2D eigenvalue weighted by Crippen LogP contribution is 2.37. The van der Waals surface area contributed by atoms with Crippen LogP contribution in [0.15, 0.2) is 18.3 Å². The third kappa shape index (κ3) is 2.05. The first-order valence-electron chi connectivity index (χ1n) is 8.17. The number of hydrogen-bond acceptors (Lipinski definition) is 3. The van der Waals surface area contributed by atoms with Crippen LogP contribution in [0, 0.1) is 0 Å². The van der Waals surface area contributed by atoms with Gasteiger partial charge in [-0.2, -0.15) is 5.10 Å². The van der Waals surface area contributed by atoms with E-state index in [0.29, 0.717) is 12.3 Å². The molecule has 2 aliphatic rings. The first kappa shape index (κ1) is 13.6. The number of rotatable bonds is 3. The summed E-state index contributed by atoms with van der Waals surface area (Å²) in [6, 6.07) is 4.16. The Morgan fingerprint density at radius 3 is 2.50 bits per heavy atom. The van der Waals surface area contributed by atoms with Crippen LogP contribution in [0.4, 0.5) is 0 Å². The summed E-state index contributed by atoms with van der Waals surface area (Å²) in [4.78, 5) is 11.9. The van der Waals surface area contributed by atoms with Crippen LogP contribution in [-0.4, -0.2) is 22.4 Å². The number of benzene rings is 1. The van der Waals surface area contributed by atoms with E-state index >= 15 is 0 Å². The fraction of sp³-hybridized carbons (Fsp3) is 0.444. The monoisotopic (exact) mass is 296 g/mol. The summed E-state index contributed by atoms with van der Waals surface area (Å²) < 4.78 is 6.95. The number of aromatic nitrogens is 2. The van der Waals surface area contributed by atoms with Crippen molar-refractivity contribution in [2.75, 3.05) is 6.61 Å². The van der Waals surface area contributed by atoms with Gasteiger partial charge in [0, 0.05) is 6.20 Å². The Kier molecular flexibility index (Phi) is 3.25. The minimum absolute atomic E-state index is 0.342. The third-order valence-corrected chi connectivity index (χ3v) is 4.74. The smallest absolute Gasteiger partial charge is 0.358 e. The van der Waals surface area contributed by atoms with Crippen LogP contribution >= 0.6 is 0 Å². The summed E-state index contributed by atoms with van der Waals surface area (Å²) >= 11 is 0. The lowest BCUT2D eigenvalue weighted by Gasteiger charge is -2.15. The molecule has 0 fully saturated rings. The number of carbonyl (C=O) groups is 1. The minimum Gasteiger partial charge on any atom is -0.461 e. The van der Waals surface area contributed by atoms with E-state index in [4.69, 9.17) is 4.74 Å². The first-order chi connectivity index (χ1) is 10.8. The molecular formula is C18H20N2O2. The molecule has 4 heteroatoms. The average Bonchev–Trinajstić information content (AvgIpc) is 3.24. The van der Waals surface area contributed by atoms with Crippen LogP contribution < -0.4 is 0 Å². The lowest BCUT2D eigenvalue weighted by molar-refractivity contribution is 0.0519. The summed E-state index contributed by atoms with van der Waals surface area (Å²) in [5, 5.41) is 4.50. The zero-order valence-electron chi connectivity index (χ0n) is 12.9. The van der Waals surface area contributed by atoms with E-state index < -0.39 is 0 Å². The highest BCUT2D eigenvalue weighted by molar-refractivity contribution is 5.87. The molecule has 0 aliphatic heterocycles. The number of aryl methyl sites for hydroxylation is 2. The van der Waals surface area contributed by atoms with Crippen LogP contribution in [0.1, 0.15) is 52.5 Å². The standard InChI is InChI=1S/C18H20N2O2/c1-2-22-18(21)16-9-10-20(19-16)17-14-7-3-5-12(14)11-13-6-4-8-15(13)17/h9-11H,2-8H2,1H3. The van der Waals surface area contributed by atoms with E-state index in [0.717, 1.165) is 12.8 Å². The van der Waals surface area contributed by atoms with Gasteiger partial charge in [-0.15, -0.1) is 0 Å². The van der Waals surface area contributed by atoms with E-state index in [-0.39, 0.29) is 5.97 Å². The topological polar surface area (TPSA) is 44.1 Å². The lowest BCUT2D eigenvalue weighted by atomic mass is 9.99. The van der Waals surface area contributed by atoms with Gasteiger partial charge in [-0.05, 0) is 73.8 Å². The van der Waals surface area contributed by atoms with Crippen LogP contribution in [0.25, 0.3) is 5.69 Å². The second kappa shape index (κ2) is 5.27.